The molecule has 5 aromatic rings. The lowest BCUT2D eigenvalue weighted by atomic mass is 10.2. The molecule has 3 heterocycles. The average molecular weight is 475 g/mol. The van der Waals surface area contributed by atoms with Gasteiger partial charge in [-0.3, -0.25) is 9.48 Å². The first-order chi connectivity index (χ1) is 16.0. The molecular formula is C24H19ClN6OS. The number of anilines is 1. The van der Waals surface area contributed by atoms with Gasteiger partial charge in [-0.1, -0.05) is 35.5 Å². The molecule has 9 heteroatoms. The first-order valence-corrected chi connectivity index (χ1v) is 11.4. The zero-order valence-corrected chi connectivity index (χ0v) is 19.4. The maximum atomic E-state index is 13.1. The van der Waals surface area contributed by atoms with E-state index >= 15 is 0 Å². The van der Waals surface area contributed by atoms with Crippen LogP contribution in [0.25, 0.3) is 16.9 Å². The number of nitrogens with zero attached hydrogens (tertiary/aromatic N) is 5. The molecule has 0 saturated carbocycles. The van der Waals surface area contributed by atoms with Crippen LogP contribution in [0.15, 0.2) is 82.8 Å². The van der Waals surface area contributed by atoms with E-state index in [1.54, 1.807) is 39.4 Å². The molecule has 0 saturated heterocycles. The van der Waals surface area contributed by atoms with E-state index in [9.17, 15) is 4.79 Å². The minimum Gasteiger partial charge on any atom is -0.320 e. The Labute approximate surface area is 199 Å². The summed E-state index contributed by atoms with van der Waals surface area (Å²) in [7, 11) is 1.89. The van der Waals surface area contributed by atoms with Crippen molar-refractivity contribution < 1.29 is 4.79 Å². The standard InChI is InChI=1S/C24H19ClN6OS/c1-15-18(14-27-30(15)2)21-11-12-26-23-13-20(29-31(21)23)24(32)28-19-5-3-4-6-22(19)33-17-9-7-16(25)8-10-17/h3-14H,1-2H3,(H,28,32). The number of para-hydroxylation sites is 1. The number of hydrogen-bond donors (Lipinski definition) is 1. The SMILES string of the molecule is Cc1c(-c2ccnc3cc(C(=O)Nc4ccccc4Sc4ccc(Cl)cc4)nn23)cnn1C. The summed E-state index contributed by atoms with van der Waals surface area (Å²) in [5.74, 6) is -0.307. The molecule has 0 aliphatic rings. The normalized spacial score (nSPS) is 11.1. The van der Waals surface area contributed by atoms with Crippen molar-refractivity contribution in [2.75, 3.05) is 5.32 Å². The molecule has 0 bridgehead atoms. The van der Waals surface area contributed by atoms with Gasteiger partial charge in [-0.25, -0.2) is 9.50 Å². The predicted octanol–water partition coefficient (Wildman–Crippen LogP) is 5.50. The van der Waals surface area contributed by atoms with E-state index in [2.05, 4.69) is 20.5 Å². The summed E-state index contributed by atoms with van der Waals surface area (Å²) >= 11 is 7.54. The minimum atomic E-state index is -0.307. The highest BCUT2D eigenvalue weighted by Crippen LogP contribution is 2.34. The molecule has 1 N–H and O–H groups in total. The molecule has 7 nitrogen and oxygen atoms in total. The number of nitrogens with one attached hydrogen (secondary N) is 1. The highest BCUT2D eigenvalue weighted by atomic mass is 35.5. The molecule has 0 aliphatic heterocycles. The van der Waals surface area contributed by atoms with E-state index in [1.807, 2.05) is 68.6 Å². The summed E-state index contributed by atoms with van der Waals surface area (Å²) < 4.78 is 3.47. The Bertz CT molecular complexity index is 1470. The lowest BCUT2D eigenvalue weighted by molar-refractivity contribution is 0.102. The lowest BCUT2D eigenvalue weighted by Gasteiger charge is -2.10. The van der Waals surface area contributed by atoms with E-state index in [0.717, 1.165) is 26.7 Å². The van der Waals surface area contributed by atoms with Crippen LogP contribution < -0.4 is 5.32 Å². The summed E-state index contributed by atoms with van der Waals surface area (Å²) in [4.78, 5) is 19.4. The monoisotopic (exact) mass is 474 g/mol. The van der Waals surface area contributed by atoms with Gasteiger partial charge in [0.2, 0.25) is 0 Å². The third-order valence-electron chi connectivity index (χ3n) is 5.28. The Hall–Kier alpha value is -3.62. The van der Waals surface area contributed by atoms with Crippen LogP contribution in [0.5, 0.6) is 0 Å². The Morgan fingerprint density at radius 3 is 2.64 bits per heavy atom. The molecule has 0 spiro atoms. The van der Waals surface area contributed by atoms with E-state index in [4.69, 9.17) is 11.6 Å². The number of fused-ring (bicyclic) bond motifs is 1. The van der Waals surface area contributed by atoms with Gasteiger partial charge in [0.15, 0.2) is 11.3 Å². The average Bonchev–Trinajstić information content (AvgIpc) is 3.40. The van der Waals surface area contributed by atoms with Gasteiger partial charge < -0.3 is 5.32 Å². The van der Waals surface area contributed by atoms with Crippen molar-refractivity contribution in [3.8, 4) is 11.3 Å². The van der Waals surface area contributed by atoms with Gasteiger partial charge in [0, 0.05) is 45.4 Å². The molecule has 2 aromatic carbocycles. The van der Waals surface area contributed by atoms with Gasteiger partial charge >= 0.3 is 0 Å². The van der Waals surface area contributed by atoms with Gasteiger partial charge in [-0.15, -0.1) is 0 Å². The van der Waals surface area contributed by atoms with Crippen molar-refractivity contribution in [3.05, 3.63) is 89.5 Å². The van der Waals surface area contributed by atoms with Crippen molar-refractivity contribution >= 4 is 40.6 Å². The van der Waals surface area contributed by atoms with Gasteiger partial charge in [0.25, 0.3) is 5.91 Å². The zero-order chi connectivity index (χ0) is 22.9. The quantitative estimate of drug-likeness (QED) is 0.364. The second-order valence-corrected chi connectivity index (χ2v) is 8.95. The summed E-state index contributed by atoms with van der Waals surface area (Å²) in [6.07, 6.45) is 3.49. The number of carbonyl (C=O) groups excluding carboxylic acids is 1. The number of carbonyl (C=O) groups is 1. The fraction of sp³-hybridized carbons (Fsp3) is 0.0833. The van der Waals surface area contributed by atoms with Crippen LogP contribution in [0.1, 0.15) is 16.2 Å². The van der Waals surface area contributed by atoms with Gasteiger partial charge in [0.1, 0.15) is 0 Å². The van der Waals surface area contributed by atoms with E-state index in [1.165, 1.54) is 0 Å². The smallest absolute Gasteiger partial charge is 0.276 e. The topological polar surface area (TPSA) is 77.1 Å². The highest BCUT2D eigenvalue weighted by Gasteiger charge is 2.17. The van der Waals surface area contributed by atoms with E-state index < -0.39 is 0 Å². The molecule has 164 valence electrons. The third-order valence-corrected chi connectivity index (χ3v) is 6.61. The number of benzene rings is 2. The highest BCUT2D eigenvalue weighted by molar-refractivity contribution is 7.99. The van der Waals surface area contributed by atoms with E-state index in [0.29, 0.717) is 16.4 Å². The zero-order valence-electron chi connectivity index (χ0n) is 17.9. The van der Waals surface area contributed by atoms with Crippen LogP contribution in [0.3, 0.4) is 0 Å². The molecular weight excluding hydrogens is 456 g/mol. The number of hydrogen-bond acceptors (Lipinski definition) is 5. The van der Waals surface area contributed by atoms with Crippen molar-refractivity contribution in [2.45, 2.75) is 16.7 Å². The van der Waals surface area contributed by atoms with Crippen LogP contribution >= 0.6 is 23.4 Å². The first-order valence-electron chi connectivity index (χ1n) is 10.2. The number of aryl methyl sites for hydroxylation is 1. The summed E-state index contributed by atoms with van der Waals surface area (Å²) in [5.41, 5.74) is 4.33. The second kappa shape index (κ2) is 8.73. The molecule has 0 atom stereocenters. The van der Waals surface area contributed by atoms with Crippen LogP contribution in [0, 0.1) is 6.92 Å². The Morgan fingerprint density at radius 2 is 1.88 bits per heavy atom. The molecule has 0 radical (unpaired) electrons. The molecule has 3 aromatic heterocycles. The van der Waals surface area contributed by atoms with Crippen LogP contribution in [0.4, 0.5) is 5.69 Å². The number of halogens is 1. The molecule has 33 heavy (non-hydrogen) atoms. The summed E-state index contributed by atoms with van der Waals surface area (Å²) in [6.45, 7) is 1.99. The van der Waals surface area contributed by atoms with Crippen molar-refractivity contribution in [1.29, 1.82) is 0 Å². The summed E-state index contributed by atoms with van der Waals surface area (Å²) in [5, 5.41) is 12.5. The van der Waals surface area contributed by atoms with Crippen LogP contribution in [-0.2, 0) is 7.05 Å². The van der Waals surface area contributed by atoms with E-state index in [-0.39, 0.29) is 11.6 Å². The predicted molar refractivity (Wildman–Crippen MR) is 130 cm³/mol. The van der Waals surface area contributed by atoms with Crippen molar-refractivity contribution in [2.24, 2.45) is 7.05 Å². The molecule has 1 amide bonds. The first kappa shape index (κ1) is 21.2. The van der Waals surface area contributed by atoms with Crippen LogP contribution in [0.2, 0.25) is 5.02 Å². The Balaban J connectivity index is 1.44. The fourth-order valence-corrected chi connectivity index (χ4v) is 4.46. The summed E-state index contributed by atoms with van der Waals surface area (Å²) in [6, 6.07) is 18.8. The fourth-order valence-electron chi connectivity index (χ4n) is 3.44. The largest absolute Gasteiger partial charge is 0.320 e. The molecule has 0 unspecified atom stereocenters. The van der Waals surface area contributed by atoms with Gasteiger partial charge in [0.05, 0.1) is 17.6 Å². The number of rotatable bonds is 5. The molecule has 5 rings (SSSR count). The third kappa shape index (κ3) is 4.22. The lowest BCUT2D eigenvalue weighted by Crippen LogP contribution is -2.13. The number of amides is 1. The van der Waals surface area contributed by atoms with Crippen molar-refractivity contribution in [1.82, 2.24) is 24.4 Å². The maximum absolute atomic E-state index is 13.1. The Morgan fingerprint density at radius 1 is 1.09 bits per heavy atom. The minimum absolute atomic E-state index is 0.280. The van der Waals surface area contributed by atoms with Crippen LogP contribution in [-0.4, -0.2) is 30.3 Å². The Kier molecular flexibility index (Phi) is 5.62. The maximum Gasteiger partial charge on any atom is 0.276 e. The molecule has 0 aliphatic carbocycles. The van der Waals surface area contributed by atoms with Gasteiger partial charge in [-0.05, 0) is 49.4 Å². The number of aromatic nitrogens is 5. The second-order valence-electron chi connectivity index (χ2n) is 7.40. The van der Waals surface area contributed by atoms with Crippen molar-refractivity contribution in [3.63, 3.8) is 0 Å². The van der Waals surface area contributed by atoms with Gasteiger partial charge in [-0.2, -0.15) is 10.2 Å². The molecule has 0 fully saturated rings.